The number of rotatable bonds is 3. The number of hydrogen-bond acceptors (Lipinski definition) is 4. The Bertz CT molecular complexity index is 596. The second-order valence-corrected chi connectivity index (χ2v) is 5.47. The van der Waals surface area contributed by atoms with Gasteiger partial charge in [0.05, 0.1) is 5.02 Å². The fraction of sp³-hybridized carbons (Fsp3) is 0.429. The topological polar surface area (TPSA) is 51.0 Å². The van der Waals surface area contributed by atoms with Gasteiger partial charge in [-0.05, 0) is 50.0 Å². The SMILES string of the molecule is Fc1ccc(-c2nc(CC3CCCNC3)no2)cc1Cl. The van der Waals surface area contributed by atoms with Crippen LogP contribution in [0.4, 0.5) is 4.39 Å². The molecule has 6 heteroatoms. The largest absolute Gasteiger partial charge is 0.334 e. The molecule has 106 valence electrons. The third kappa shape index (κ3) is 2.99. The molecule has 0 radical (unpaired) electrons. The number of hydrogen-bond donors (Lipinski definition) is 1. The Balaban J connectivity index is 1.73. The minimum Gasteiger partial charge on any atom is -0.334 e. The molecular formula is C14H15ClFN3O. The van der Waals surface area contributed by atoms with Gasteiger partial charge in [-0.25, -0.2) is 4.39 Å². The van der Waals surface area contributed by atoms with Crippen LogP contribution in [0.15, 0.2) is 22.7 Å². The molecule has 4 nitrogen and oxygen atoms in total. The summed E-state index contributed by atoms with van der Waals surface area (Å²) >= 11 is 5.75. The second-order valence-electron chi connectivity index (χ2n) is 5.06. The first-order valence-corrected chi connectivity index (χ1v) is 7.09. The van der Waals surface area contributed by atoms with E-state index in [-0.39, 0.29) is 5.02 Å². The lowest BCUT2D eigenvalue weighted by Gasteiger charge is -2.20. The van der Waals surface area contributed by atoms with Crippen LogP contribution >= 0.6 is 11.6 Å². The van der Waals surface area contributed by atoms with Gasteiger partial charge in [-0.3, -0.25) is 0 Å². The van der Waals surface area contributed by atoms with Gasteiger partial charge in [-0.2, -0.15) is 4.98 Å². The van der Waals surface area contributed by atoms with Crippen molar-refractivity contribution < 1.29 is 8.91 Å². The van der Waals surface area contributed by atoms with Crippen molar-refractivity contribution in [2.45, 2.75) is 19.3 Å². The molecule has 1 aliphatic heterocycles. The first-order valence-electron chi connectivity index (χ1n) is 6.71. The summed E-state index contributed by atoms with van der Waals surface area (Å²) in [6.07, 6.45) is 3.16. The molecule has 1 atom stereocenters. The fourth-order valence-corrected chi connectivity index (χ4v) is 2.62. The number of benzene rings is 1. The summed E-state index contributed by atoms with van der Waals surface area (Å²) in [5.74, 6) is 1.16. The van der Waals surface area contributed by atoms with Crippen LogP contribution in [0, 0.1) is 11.7 Å². The Morgan fingerprint density at radius 1 is 1.45 bits per heavy atom. The summed E-state index contributed by atoms with van der Waals surface area (Å²) in [5, 5.41) is 7.40. The van der Waals surface area contributed by atoms with Crippen LogP contribution in [0.3, 0.4) is 0 Å². The van der Waals surface area contributed by atoms with Crippen LogP contribution in [0.1, 0.15) is 18.7 Å². The van der Waals surface area contributed by atoms with Crippen LogP contribution in [0.25, 0.3) is 11.5 Å². The molecule has 1 aliphatic rings. The van der Waals surface area contributed by atoms with E-state index in [1.54, 1.807) is 6.07 Å². The molecule has 1 unspecified atom stereocenters. The average Bonchev–Trinajstić information content (AvgIpc) is 2.91. The minimum absolute atomic E-state index is 0.0544. The van der Waals surface area contributed by atoms with Gasteiger partial charge in [-0.1, -0.05) is 16.8 Å². The molecule has 1 fully saturated rings. The van der Waals surface area contributed by atoms with E-state index >= 15 is 0 Å². The highest BCUT2D eigenvalue weighted by atomic mass is 35.5. The molecule has 2 aromatic rings. The molecule has 0 saturated carbocycles. The maximum Gasteiger partial charge on any atom is 0.257 e. The van der Waals surface area contributed by atoms with Crippen molar-refractivity contribution in [2.75, 3.05) is 13.1 Å². The third-order valence-corrected chi connectivity index (χ3v) is 3.79. The van der Waals surface area contributed by atoms with Gasteiger partial charge >= 0.3 is 0 Å². The van der Waals surface area contributed by atoms with Gasteiger partial charge < -0.3 is 9.84 Å². The molecule has 2 heterocycles. The Labute approximate surface area is 121 Å². The maximum absolute atomic E-state index is 13.1. The normalized spacial score (nSPS) is 19.2. The second kappa shape index (κ2) is 5.89. The van der Waals surface area contributed by atoms with E-state index in [0.29, 0.717) is 23.2 Å². The van der Waals surface area contributed by atoms with Crippen LogP contribution in [0.2, 0.25) is 5.02 Å². The molecule has 0 aliphatic carbocycles. The molecule has 0 amide bonds. The lowest BCUT2D eigenvalue weighted by Crippen LogP contribution is -2.31. The lowest BCUT2D eigenvalue weighted by molar-refractivity contribution is 0.360. The molecule has 1 N–H and O–H groups in total. The summed E-state index contributed by atoms with van der Waals surface area (Å²) in [6.45, 7) is 2.08. The van der Waals surface area contributed by atoms with Crippen molar-refractivity contribution in [1.29, 1.82) is 0 Å². The highest BCUT2D eigenvalue weighted by Crippen LogP contribution is 2.24. The maximum atomic E-state index is 13.1. The Morgan fingerprint density at radius 3 is 3.10 bits per heavy atom. The molecular weight excluding hydrogens is 281 g/mol. The van der Waals surface area contributed by atoms with E-state index in [1.807, 2.05) is 0 Å². The monoisotopic (exact) mass is 295 g/mol. The van der Waals surface area contributed by atoms with E-state index < -0.39 is 5.82 Å². The van der Waals surface area contributed by atoms with Crippen molar-refractivity contribution in [1.82, 2.24) is 15.5 Å². The van der Waals surface area contributed by atoms with Crippen molar-refractivity contribution in [3.05, 3.63) is 34.9 Å². The first kappa shape index (κ1) is 13.5. The van der Waals surface area contributed by atoms with E-state index in [9.17, 15) is 4.39 Å². The van der Waals surface area contributed by atoms with Gasteiger partial charge in [0.15, 0.2) is 5.82 Å². The van der Waals surface area contributed by atoms with Gasteiger partial charge in [0.1, 0.15) is 5.82 Å². The number of nitrogens with zero attached hydrogens (tertiary/aromatic N) is 2. The standard InChI is InChI=1S/C14H15ClFN3O/c15-11-7-10(3-4-12(11)16)14-18-13(19-20-14)6-9-2-1-5-17-8-9/h3-4,7,9,17H,1-2,5-6,8H2. The molecule has 0 spiro atoms. The molecule has 0 bridgehead atoms. The number of halogens is 2. The average molecular weight is 296 g/mol. The molecule has 1 saturated heterocycles. The fourth-order valence-electron chi connectivity index (χ4n) is 2.44. The van der Waals surface area contributed by atoms with Crippen LogP contribution in [0.5, 0.6) is 0 Å². The summed E-state index contributed by atoms with van der Waals surface area (Å²) < 4.78 is 18.3. The summed E-state index contributed by atoms with van der Waals surface area (Å²) in [4.78, 5) is 4.36. The zero-order chi connectivity index (χ0) is 13.9. The summed E-state index contributed by atoms with van der Waals surface area (Å²) in [6, 6.07) is 4.38. The van der Waals surface area contributed by atoms with E-state index in [0.717, 1.165) is 19.5 Å². The van der Waals surface area contributed by atoms with Crippen LogP contribution in [-0.4, -0.2) is 23.2 Å². The van der Waals surface area contributed by atoms with Crippen molar-refractivity contribution in [2.24, 2.45) is 5.92 Å². The predicted octanol–water partition coefficient (Wildman–Crippen LogP) is 3.07. The molecule has 1 aromatic carbocycles. The quantitative estimate of drug-likeness (QED) is 0.945. The van der Waals surface area contributed by atoms with Gasteiger partial charge in [0.2, 0.25) is 0 Å². The van der Waals surface area contributed by atoms with Crippen molar-refractivity contribution in [3.8, 4) is 11.5 Å². The van der Waals surface area contributed by atoms with Gasteiger partial charge in [0.25, 0.3) is 5.89 Å². The highest BCUT2D eigenvalue weighted by Gasteiger charge is 2.17. The third-order valence-electron chi connectivity index (χ3n) is 3.50. The van der Waals surface area contributed by atoms with Crippen molar-refractivity contribution >= 4 is 11.6 Å². The number of aromatic nitrogens is 2. The van der Waals surface area contributed by atoms with E-state index in [2.05, 4.69) is 15.5 Å². The van der Waals surface area contributed by atoms with E-state index in [1.165, 1.54) is 25.0 Å². The molecule has 3 rings (SSSR count). The number of nitrogens with one attached hydrogen (secondary N) is 1. The van der Waals surface area contributed by atoms with Gasteiger partial charge in [-0.15, -0.1) is 0 Å². The predicted molar refractivity (Wildman–Crippen MR) is 74.0 cm³/mol. The van der Waals surface area contributed by atoms with Crippen LogP contribution in [-0.2, 0) is 6.42 Å². The molecule has 1 aromatic heterocycles. The zero-order valence-corrected chi connectivity index (χ0v) is 11.7. The Hall–Kier alpha value is -1.46. The van der Waals surface area contributed by atoms with Gasteiger partial charge in [0, 0.05) is 12.0 Å². The van der Waals surface area contributed by atoms with E-state index in [4.69, 9.17) is 16.1 Å². The minimum atomic E-state index is -0.455. The zero-order valence-electron chi connectivity index (χ0n) is 10.9. The smallest absolute Gasteiger partial charge is 0.257 e. The summed E-state index contributed by atoms with van der Waals surface area (Å²) in [5.41, 5.74) is 0.636. The number of piperidine rings is 1. The highest BCUT2D eigenvalue weighted by molar-refractivity contribution is 6.31. The van der Waals surface area contributed by atoms with Crippen molar-refractivity contribution in [3.63, 3.8) is 0 Å². The molecule has 20 heavy (non-hydrogen) atoms. The Kier molecular flexibility index (Phi) is 3.98. The summed E-state index contributed by atoms with van der Waals surface area (Å²) in [7, 11) is 0. The Morgan fingerprint density at radius 2 is 2.35 bits per heavy atom. The first-order chi connectivity index (χ1) is 9.72. The lowest BCUT2D eigenvalue weighted by atomic mass is 9.96. The van der Waals surface area contributed by atoms with Crippen LogP contribution < -0.4 is 5.32 Å².